The molecule has 0 unspecified atom stereocenters. The van der Waals surface area contributed by atoms with Crippen molar-refractivity contribution in [1.82, 2.24) is 19.5 Å². The van der Waals surface area contributed by atoms with Gasteiger partial charge in [0.25, 0.3) is 0 Å². The van der Waals surface area contributed by atoms with E-state index in [2.05, 4.69) is 180 Å². The highest BCUT2D eigenvalue weighted by atomic mass is 16.3. The Kier molecular flexibility index (Phi) is 8.42. The van der Waals surface area contributed by atoms with Crippen LogP contribution in [0.15, 0.2) is 223 Å². The molecule has 0 aliphatic rings. The number of para-hydroxylation sites is 2. The molecular formula is C57H36N4O. The lowest BCUT2D eigenvalue weighted by molar-refractivity contribution is 0.669. The van der Waals surface area contributed by atoms with Crippen LogP contribution in [0.25, 0.3) is 117 Å². The number of fused-ring (bicyclic) bond motifs is 6. The summed E-state index contributed by atoms with van der Waals surface area (Å²) in [6.07, 6.45) is 0. The normalized spacial score (nSPS) is 11.5. The Morgan fingerprint density at radius 2 is 0.855 bits per heavy atom. The van der Waals surface area contributed by atoms with E-state index in [1.54, 1.807) is 0 Å². The predicted molar refractivity (Wildman–Crippen MR) is 254 cm³/mol. The molecule has 12 aromatic rings. The lowest BCUT2D eigenvalue weighted by Crippen LogP contribution is -2.01. The largest absolute Gasteiger partial charge is 0.456 e. The second-order valence-corrected chi connectivity index (χ2v) is 15.6. The summed E-state index contributed by atoms with van der Waals surface area (Å²) in [7, 11) is 0. The summed E-state index contributed by atoms with van der Waals surface area (Å²) in [5.41, 5.74) is 14.6. The van der Waals surface area contributed by atoms with Gasteiger partial charge in [-0.3, -0.25) is 0 Å². The number of hydrogen-bond acceptors (Lipinski definition) is 4. The molecule has 0 saturated carbocycles. The average Bonchev–Trinajstić information content (AvgIpc) is 3.90. The first-order chi connectivity index (χ1) is 30.7. The molecule has 0 radical (unpaired) electrons. The molecule has 290 valence electrons. The first kappa shape index (κ1) is 35.5. The van der Waals surface area contributed by atoms with Gasteiger partial charge in [-0.05, 0) is 76.3 Å². The Labute approximate surface area is 357 Å². The van der Waals surface area contributed by atoms with Gasteiger partial charge >= 0.3 is 0 Å². The molecule has 5 nitrogen and oxygen atoms in total. The van der Waals surface area contributed by atoms with Crippen LogP contribution in [-0.2, 0) is 0 Å². The minimum Gasteiger partial charge on any atom is -0.456 e. The first-order valence-electron chi connectivity index (χ1n) is 20.8. The van der Waals surface area contributed by atoms with Crippen molar-refractivity contribution in [3.63, 3.8) is 0 Å². The molecule has 0 saturated heterocycles. The molecule has 0 amide bonds. The maximum atomic E-state index is 6.47. The third-order valence-corrected chi connectivity index (χ3v) is 11.8. The van der Waals surface area contributed by atoms with E-state index in [4.69, 9.17) is 19.4 Å². The topological polar surface area (TPSA) is 56.7 Å². The fourth-order valence-corrected chi connectivity index (χ4v) is 8.88. The molecule has 0 spiro atoms. The minimum atomic E-state index is 0.606. The van der Waals surface area contributed by atoms with Crippen molar-refractivity contribution < 1.29 is 4.42 Å². The van der Waals surface area contributed by atoms with Crippen LogP contribution in [0, 0.1) is 0 Å². The summed E-state index contributed by atoms with van der Waals surface area (Å²) < 4.78 is 8.85. The van der Waals surface area contributed by atoms with Crippen LogP contribution < -0.4 is 0 Å². The zero-order chi connectivity index (χ0) is 41.0. The highest BCUT2D eigenvalue weighted by Gasteiger charge is 2.19. The number of benzene rings is 9. The smallest absolute Gasteiger partial charge is 0.164 e. The molecular weight excluding hydrogens is 757 g/mol. The van der Waals surface area contributed by atoms with Crippen molar-refractivity contribution in [3.05, 3.63) is 218 Å². The van der Waals surface area contributed by atoms with E-state index in [-0.39, 0.29) is 0 Å². The SMILES string of the molecule is c1ccc(-c2cccc(-c3nc(-c4ccccc4)nc(-c4cccc(-n5c6ccccc6c6cccc(-c7ccc8oc9cc(-c%10ccccc%10)ccc9c8c7)c65)c4)n3)c2)cc1. The van der Waals surface area contributed by atoms with Crippen LogP contribution in [0.2, 0.25) is 0 Å². The molecule has 62 heavy (non-hydrogen) atoms. The Morgan fingerprint density at radius 1 is 0.306 bits per heavy atom. The van der Waals surface area contributed by atoms with E-state index in [1.165, 1.54) is 16.3 Å². The van der Waals surface area contributed by atoms with E-state index in [1.807, 2.05) is 42.5 Å². The number of furan rings is 1. The monoisotopic (exact) mass is 792 g/mol. The third-order valence-electron chi connectivity index (χ3n) is 11.8. The fourth-order valence-electron chi connectivity index (χ4n) is 8.88. The molecule has 0 fully saturated rings. The molecule has 3 aromatic heterocycles. The molecule has 12 rings (SSSR count). The van der Waals surface area contributed by atoms with E-state index < -0.39 is 0 Å². The van der Waals surface area contributed by atoms with Crippen LogP contribution in [-0.4, -0.2) is 19.5 Å². The second-order valence-electron chi connectivity index (χ2n) is 15.6. The van der Waals surface area contributed by atoms with E-state index >= 15 is 0 Å². The van der Waals surface area contributed by atoms with E-state index in [9.17, 15) is 0 Å². The van der Waals surface area contributed by atoms with Gasteiger partial charge in [-0.25, -0.2) is 15.0 Å². The van der Waals surface area contributed by atoms with Crippen molar-refractivity contribution in [3.8, 4) is 73.2 Å². The van der Waals surface area contributed by atoms with Crippen LogP contribution in [0.5, 0.6) is 0 Å². The van der Waals surface area contributed by atoms with Crippen molar-refractivity contribution in [2.24, 2.45) is 0 Å². The maximum Gasteiger partial charge on any atom is 0.164 e. The summed E-state index contributed by atoms with van der Waals surface area (Å²) in [6, 6.07) is 76.3. The zero-order valence-corrected chi connectivity index (χ0v) is 33.5. The standard InChI is InChI=1S/C57H36N4O/c1-4-15-37(16-5-1)40-21-12-22-43(33-40)56-58-55(39-19-8-3-9-20-39)59-57(60-56)44-23-13-24-45(34-44)61-51-28-11-10-25-47(51)49-27-14-26-46(54(49)61)42-30-32-52-50(35-42)48-31-29-41(36-53(48)62-52)38-17-6-2-7-18-38/h1-36H. The average molecular weight is 793 g/mol. The molecule has 0 N–H and O–H groups in total. The van der Waals surface area contributed by atoms with Crippen molar-refractivity contribution in [2.45, 2.75) is 0 Å². The van der Waals surface area contributed by atoms with Gasteiger partial charge in [0, 0.05) is 49.5 Å². The van der Waals surface area contributed by atoms with Gasteiger partial charge in [-0.15, -0.1) is 0 Å². The van der Waals surface area contributed by atoms with Crippen LogP contribution in [0.4, 0.5) is 0 Å². The summed E-state index contributed by atoms with van der Waals surface area (Å²) in [6.45, 7) is 0. The lowest BCUT2D eigenvalue weighted by Gasteiger charge is -2.14. The molecule has 9 aromatic carbocycles. The highest BCUT2D eigenvalue weighted by Crippen LogP contribution is 2.41. The lowest BCUT2D eigenvalue weighted by atomic mass is 9.99. The number of aromatic nitrogens is 4. The summed E-state index contributed by atoms with van der Waals surface area (Å²) in [5.74, 6) is 1.85. The quantitative estimate of drug-likeness (QED) is 0.161. The predicted octanol–water partition coefficient (Wildman–Crippen LogP) is 14.9. The summed E-state index contributed by atoms with van der Waals surface area (Å²) in [5, 5.41) is 4.55. The molecule has 5 heteroatoms. The number of rotatable bonds is 7. The van der Waals surface area contributed by atoms with Crippen molar-refractivity contribution in [1.29, 1.82) is 0 Å². The second kappa shape index (κ2) is 14.7. The van der Waals surface area contributed by atoms with Gasteiger partial charge in [-0.1, -0.05) is 170 Å². The Bertz CT molecular complexity index is 3630. The molecule has 3 heterocycles. The van der Waals surface area contributed by atoms with Gasteiger partial charge in [-0.2, -0.15) is 0 Å². The summed E-state index contributed by atoms with van der Waals surface area (Å²) >= 11 is 0. The Balaban J connectivity index is 1.01. The van der Waals surface area contributed by atoms with Gasteiger partial charge < -0.3 is 8.98 Å². The highest BCUT2D eigenvalue weighted by molar-refractivity contribution is 6.15. The number of nitrogens with zero attached hydrogens (tertiary/aromatic N) is 4. The Hall–Kier alpha value is -8.41. The van der Waals surface area contributed by atoms with Crippen LogP contribution >= 0.6 is 0 Å². The van der Waals surface area contributed by atoms with Crippen LogP contribution in [0.1, 0.15) is 0 Å². The molecule has 0 bridgehead atoms. The zero-order valence-electron chi connectivity index (χ0n) is 33.5. The van der Waals surface area contributed by atoms with Gasteiger partial charge in [0.05, 0.1) is 11.0 Å². The van der Waals surface area contributed by atoms with Gasteiger partial charge in [0.1, 0.15) is 11.2 Å². The Morgan fingerprint density at radius 3 is 1.60 bits per heavy atom. The molecule has 0 atom stereocenters. The minimum absolute atomic E-state index is 0.606. The maximum absolute atomic E-state index is 6.47. The molecule has 0 aliphatic carbocycles. The summed E-state index contributed by atoms with van der Waals surface area (Å²) in [4.78, 5) is 15.4. The molecule has 0 aliphatic heterocycles. The number of hydrogen-bond donors (Lipinski definition) is 0. The third kappa shape index (κ3) is 6.14. The van der Waals surface area contributed by atoms with Crippen LogP contribution in [0.3, 0.4) is 0 Å². The van der Waals surface area contributed by atoms with E-state index in [0.717, 1.165) is 83.2 Å². The van der Waals surface area contributed by atoms with Crippen molar-refractivity contribution >= 4 is 43.7 Å². The van der Waals surface area contributed by atoms with Crippen molar-refractivity contribution in [2.75, 3.05) is 0 Å². The van der Waals surface area contributed by atoms with E-state index in [0.29, 0.717) is 17.5 Å². The first-order valence-corrected chi connectivity index (χ1v) is 20.8. The van der Waals surface area contributed by atoms with Gasteiger partial charge in [0.15, 0.2) is 17.5 Å². The fraction of sp³-hybridized carbons (Fsp3) is 0. The van der Waals surface area contributed by atoms with Gasteiger partial charge in [0.2, 0.25) is 0 Å².